The molecule has 3 atom stereocenters. The first kappa shape index (κ1) is 14.0. The van der Waals surface area contributed by atoms with E-state index in [1.165, 1.54) is 13.3 Å². The Labute approximate surface area is 103 Å². The molecule has 1 aliphatic carbocycles. The molecule has 98 valence electrons. The van der Waals surface area contributed by atoms with Gasteiger partial charge < -0.3 is 9.94 Å². The summed E-state index contributed by atoms with van der Waals surface area (Å²) >= 11 is 0. The molecule has 1 saturated carbocycles. The van der Waals surface area contributed by atoms with Gasteiger partial charge >= 0.3 is 5.97 Å². The normalized spacial score (nSPS) is 30.4. The monoisotopic (exact) mass is 241 g/mol. The topological polar surface area (TPSA) is 58.9 Å². The van der Waals surface area contributed by atoms with E-state index in [0.717, 1.165) is 12.8 Å². The predicted octanol–water partition coefficient (Wildman–Crippen LogP) is 2.84. The molecule has 1 N–H and O–H groups in total. The molecule has 0 aromatic rings. The Kier molecular flexibility index (Phi) is 4.97. The molecule has 0 amide bonds. The van der Waals surface area contributed by atoms with Gasteiger partial charge in [0, 0.05) is 0 Å². The lowest BCUT2D eigenvalue weighted by Gasteiger charge is -2.36. The highest BCUT2D eigenvalue weighted by Crippen LogP contribution is 2.35. The zero-order valence-corrected chi connectivity index (χ0v) is 11.1. The zero-order chi connectivity index (χ0) is 13.0. The van der Waals surface area contributed by atoms with E-state index in [9.17, 15) is 4.79 Å². The number of hydrogen-bond donors (Lipinski definition) is 1. The van der Waals surface area contributed by atoms with Gasteiger partial charge in [-0.2, -0.15) is 0 Å². The van der Waals surface area contributed by atoms with Crippen LogP contribution in [0.3, 0.4) is 0 Å². The molecule has 0 saturated heterocycles. The quantitative estimate of drug-likeness (QED) is 0.358. The maximum atomic E-state index is 11.6. The Morgan fingerprint density at radius 2 is 2.06 bits per heavy atom. The average Bonchev–Trinajstić information content (AvgIpc) is 2.27. The summed E-state index contributed by atoms with van der Waals surface area (Å²) in [4.78, 5) is 11.6. The van der Waals surface area contributed by atoms with Crippen LogP contribution in [0.1, 0.15) is 47.0 Å². The SMILES string of the molecule is C/C(=N/O)C(=O)O[C@H]1C[C@@H](C)CC[C@@H]1C(C)C. The fourth-order valence-electron chi connectivity index (χ4n) is 2.51. The van der Waals surface area contributed by atoms with Crippen LogP contribution in [0.5, 0.6) is 0 Å². The average molecular weight is 241 g/mol. The van der Waals surface area contributed by atoms with Crippen molar-refractivity contribution in [1.29, 1.82) is 0 Å². The van der Waals surface area contributed by atoms with Gasteiger partial charge in [-0.1, -0.05) is 32.3 Å². The lowest BCUT2D eigenvalue weighted by Crippen LogP contribution is -2.37. The third-order valence-corrected chi connectivity index (χ3v) is 3.67. The van der Waals surface area contributed by atoms with Crippen LogP contribution in [0.4, 0.5) is 0 Å². The molecule has 0 aromatic heterocycles. The molecule has 0 aliphatic heterocycles. The second kappa shape index (κ2) is 6.03. The molecule has 0 spiro atoms. The van der Waals surface area contributed by atoms with Crippen molar-refractivity contribution in [3.8, 4) is 0 Å². The highest BCUT2D eigenvalue weighted by Gasteiger charge is 2.33. The van der Waals surface area contributed by atoms with E-state index in [1.54, 1.807) is 0 Å². The molecule has 1 rings (SSSR count). The van der Waals surface area contributed by atoms with Crippen LogP contribution >= 0.6 is 0 Å². The van der Waals surface area contributed by atoms with Crippen molar-refractivity contribution in [2.24, 2.45) is 22.9 Å². The lowest BCUT2D eigenvalue weighted by molar-refractivity contribution is -0.147. The molecular weight excluding hydrogens is 218 g/mol. The summed E-state index contributed by atoms with van der Waals surface area (Å²) in [6.45, 7) is 7.96. The fourth-order valence-corrected chi connectivity index (χ4v) is 2.51. The van der Waals surface area contributed by atoms with Crippen LogP contribution in [-0.2, 0) is 9.53 Å². The summed E-state index contributed by atoms with van der Waals surface area (Å²) < 4.78 is 5.46. The minimum absolute atomic E-state index is 0.0192. The maximum Gasteiger partial charge on any atom is 0.356 e. The highest BCUT2D eigenvalue weighted by atomic mass is 16.5. The van der Waals surface area contributed by atoms with E-state index in [-0.39, 0.29) is 11.8 Å². The fraction of sp³-hybridized carbons (Fsp3) is 0.846. The lowest BCUT2D eigenvalue weighted by atomic mass is 9.75. The molecule has 4 heteroatoms. The number of esters is 1. The molecule has 4 nitrogen and oxygen atoms in total. The molecule has 0 unspecified atom stereocenters. The van der Waals surface area contributed by atoms with Crippen molar-refractivity contribution in [3.63, 3.8) is 0 Å². The third kappa shape index (κ3) is 3.72. The summed E-state index contributed by atoms with van der Waals surface area (Å²) in [7, 11) is 0. The first-order chi connectivity index (χ1) is 7.95. The summed E-state index contributed by atoms with van der Waals surface area (Å²) in [5.41, 5.74) is 0.0192. The Hall–Kier alpha value is -1.06. The summed E-state index contributed by atoms with van der Waals surface area (Å²) in [5, 5.41) is 11.4. The Morgan fingerprint density at radius 1 is 1.41 bits per heavy atom. The zero-order valence-electron chi connectivity index (χ0n) is 11.1. The van der Waals surface area contributed by atoms with Crippen LogP contribution < -0.4 is 0 Å². The van der Waals surface area contributed by atoms with Crippen LogP contribution in [0.25, 0.3) is 0 Å². The van der Waals surface area contributed by atoms with Crippen LogP contribution in [0.2, 0.25) is 0 Å². The molecule has 1 aliphatic rings. The Balaban J connectivity index is 2.67. The molecule has 0 bridgehead atoms. The number of carbonyl (C=O) groups is 1. The van der Waals surface area contributed by atoms with Crippen LogP contribution in [0, 0.1) is 17.8 Å². The largest absolute Gasteiger partial charge is 0.458 e. The van der Waals surface area contributed by atoms with Crippen molar-refractivity contribution >= 4 is 11.7 Å². The number of oxime groups is 1. The van der Waals surface area contributed by atoms with E-state index >= 15 is 0 Å². The molecule has 17 heavy (non-hydrogen) atoms. The number of rotatable bonds is 3. The standard InChI is InChI=1S/C13H23NO3/c1-8(2)11-6-5-9(3)7-12(11)17-13(15)10(4)14-16/h8-9,11-12,16H,5-7H2,1-4H3/b14-10-/t9-,11+,12-/m0/s1. The molecule has 0 heterocycles. The van der Waals surface area contributed by atoms with E-state index in [4.69, 9.17) is 9.94 Å². The molecular formula is C13H23NO3. The van der Waals surface area contributed by atoms with E-state index < -0.39 is 5.97 Å². The van der Waals surface area contributed by atoms with Gasteiger partial charge in [-0.05, 0) is 37.5 Å². The third-order valence-electron chi connectivity index (χ3n) is 3.67. The van der Waals surface area contributed by atoms with Gasteiger partial charge in [-0.15, -0.1) is 0 Å². The number of ether oxygens (including phenoxy) is 1. The minimum atomic E-state index is -0.503. The van der Waals surface area contributed by atoms with Crippen molar-refractivity contribution in [1.82, 2.24) is 0 Å². The van der Waals surface area contributed by atoms with Gasteiger partial charge in [0.2, 0.25) is 0 Å². The van der Waals surface area contributed by atoms with Gasteiger partial charge in [-0.3, -0.25) is 0 Å². The van der Waals surface area contributed by atoms with Crippen molar-refractivity contribution in [2.45, 2.75) is 53.1 Å². The van der Waals surface area contributed by atoms with Crippen LogP contribution in [0.15, 0.2) is 5.16 Å². The first-order valence-electron chi connectivity index (χ1n) is 6.35. The molecule has 1 fully saturated rings. The van der Waals surface area contributed by atoms with Crippen molar-refractivity contribution in [3.05, 3.63) is 0 Å². The number of hydrogen-bond acceptors (Lipinski definition) is 4. The Morgan fingerprint density at radius 3 is 2.59 bits per heavy atom. The molecule has 0 radical (unpaired) electrons. The smallest absolute Gasteiger partial charge is 0.356 e. The van der Waals surface area contributed by atoms with Crippen LogP contribution in [-0.4, -0.2) is 23.0 Å². The van der Waals surface area contributed by atoms with Gasteiger partial charge in [0.15, 0.2) is 5.71 Å². The summed E-state index contributed by atoms with van der Waals surface area (Å²) in [6.07, 6.45) is 3.17. The Bertz CT molecular complexity index is 299. The highest BCUT2D eigenvalue weighted by molar-refractivity contribution is 6.35. The van der Waals surface area contributed by atoms with Gasteiger partial charge in [0.25, 0.3) is 0 Å². The van der Waals surface area contributed by atoms with Crippen molar-refractivity contribution in [2.75, 3.05) is 0 Å². The minimum Gasteiger partial charge on any atom is -0.458 e. The van der Waals surface area contributed by atoms with E-state index in [1.807, 2.05) is 0 Å². The predicted molar refractivity (Wildman–Crippen MR) is 66.1 cm³/mol. The summed E-state index contributed by atoms with van der Waals surface area (Å²) in [5.74, 6) is 1.01. The van der Waals surface area contributed by atoms with Gasteiger partial charge in [-0.25, -0.2) is 4.79 Å². The second-order valence-corrected chi connectivity index (χ2v) is 5.46. The summed E-state index contributed by atoms with van der Waals surface area (Å²) in [6, 6.07) is 0. The van der Waals surface area contributed by atoms with E-state index in [0.29, 0.717) is 17.8 Å². The maximum absolute atomic E-state index is 11.6. The van der Waals surface area contributed by atoms with Crippen molar-refractivity contribution < 1.29 is 14.7 Å². The number of carbonyl (C=O) groups excluding carboxylic acids is 1. The molecule has 0 aromatic carbocycles. The number of nitrogens with zero attached hydrogens (tertiary/aromatic N) is 1. The van der Waals surface area contributed by atoms with E-state index in [2.05, 4.69) is 25.9 Å². The second-order valence-electron chi connectivity index (χ2n) is 5.46. The van der Waals surface area contributed by atoms with Gasteiger partial charge in [0.1, 0.15) is 6.10 Å². The van der Waals surface area contributed by atoms with Gasteiger partial charge in [0.05, 0.1) is 0 Å². The first-order valence-corrected chi connectivity index (χ1v) is 6.35.